The van der Waals surface area contributed by atoms with Crippen molar-refractivity contribution in [1.29, 1.82) is 0 Å². The van der Waals surface area contributed by atoms with E-state index in [0.717, 1.165) is 12.8 Å². The van der Waals surface area contributed by atoms with Gasteiger partial charge in [0.1, 0.15) is 6.04 Å². The number of amides is 1. The summed E-state index contributed by atoms with van der Waals surface area (Å²) in [6.45, 7) is 5.92. The smallest absolute Gasteiger partial charge is 0.326 e. The molecule has 0 heterocycles. The molecule has 0 saturated carbocycles. The molecule has 0 spiro atoms. The highest BCUT2D eigenvalue weighted by Gasteiger charge is 2.22. The Bertz CT molecular complexity index is 254. The van der Waals surface area contributed by atoms with E-state index < -0.39 is 18.1 Å². The molecular weight excluding hydrogens is 220 g/mol. The standard InChI is InChI=1S/C12H24N2O3/c1-4-5-6-10(12(16)17)14-11(15)9(13)7-8(2)3/h8-10H,4-7,13H2,1-3H3,(H,14,15)(H,16,17)/t9-,10?/m1/s1. The highest BCUT2D eigenvalue weighted by atomic mass is 16.4. The van der Waals surface area contributed by atoms with Gasteiger partial charge in [0.25, 0.3) is 0 Å². The van der Waals surface area contributed by atoms with Crippen LogP contribution in [0.2, 0.25) is 0 Å². The molecule has 17 heavy (non-hydrogen) atoms. The summed E-state index contributed by atoms with van der Waals surface area (Å²) in [5.41, 5.74) is 5.69. The molecule has 2 atom stereocenters. The summed E-state index contributed by atoms with van der Waals surface area (Å²) in [6.07, 6.45) is 2.69. The first-order chi connectivity index (χ1) is 7.88. The monoisotopic (exact) mass is 244 g/mol. The van der Waals surface area contributed by atoms with Crippen LogP contribution in [0.25, 0.3) is 0 Å². The van der Waals surface area contributed by atoms with Gasteiger partial charge in [0, 0.05) is 0 Å². The molecular formula is C12H24N2O3. The lowest BCUT2D eigenvalue weighted by molar-refractivity contribution is -0.142. The maximum Gasteiger partial charge on any atom is 0.326 e. The van der Waals surface area contributed by atoms with Crippen molar-refractivity contribution in [2.75, 3.05) is 0 Å². The van der Waals surface area contributed by atoms with Gasteiger partial charge in [-0.25, -0.2) is 4.79 Å². The Balaban J connectivity index is 4.24. The Morgan fingerprint density at radius 3 is 2.35 bits per heavy atom. The summed E-state index contributed by atoms with van der Waals surface area (Å²) >= 11 is 0. The molecule has 5 heteroatoms. The third kappa shape index (κ3) is 6.94. The number of hydrogen-bond donors (Lipinski definition) is 3. The number of unbranched alkanes of at least 4 members (excludes halogenated alkanes) is 1. The van der Waals surface area contributed by atoms with E-state index in [1.165, 1.54) is 0 Å². The Kier molecular flexibility index (Phi) is 7.54. The van der Waals surface area contributed by atoms with Gasteiger partial charge >= 0.3 is 5.97 Å². The third-order valence-corrected chi connectivity index (χ3v) is 2.52. The number of hydrogen-bond acceptors (Lipinski definition) is 3. The van der Waals surface area contributed by atoms with E-state index in [0.29, 0.717) is 18.8 Å². The zero-order chi connectivity index (χ0) is 13.4. The summed E-state index contributed by atoms with van der Waals surface area (Å²) in [6, 6.07) is -1.45. The number of aliphatic carboxylic acids is 1. The maximum atomic E-state index is 11.7. The van der Waals surface area contributed by atoms with Gasteiger partial charge < -0.3 is 16.2 Å². The van der Waals surface area contributed by atoms with Crippen LogP contribution < -0.4 is 11.1 Å². The molecule has 1 unspecified atom stereocenters. The fraction of sp³-hybridized carbons (Fsp3) is 0.833. The molecule has 5 nitrogen and oxygen atoms in total. The van der Waals surface area contributed by atoms with Gasteiger partial charge in [-0.3, -0.25) is 4.79 Å². The number of rotatable bonds is 8. The van der Waals surface area contributed by atoms with Crippen LogP contribution in [0.1, 0.15) is 46.5 Å². The van der Waals surface area contributed by atoms with E-state index in [2.05, 4.69) is 5.32 Å². The molecule has 4 N–H and O–H groups in total. The summed E-state index contributed by atoms with van der Waals surface area (Å²) < 4.78 is 0. The van der Waals surface area contributed by atoms with E-state index in [-0.39, 0.29) is 5.91 Å². The van der Waals surface area contributed by atoms with Crippen LogP contribution in [0.4, 0.5) is 0 Å². The number of carboxylic acid groups (broad SMARTS) is 1. The molecule has 0 aromatic rings. The highest BCUT2D eigenvalue weighted by molar-refractivity contribution is 5.86. The summed E-state index contributed by atoms with van der Waals surface area (Å²) in [5, 5.41) is 11.4. The Morgan fingerprint density at radius 2 is 1.94 bits per heavy atom. The van der Waals surface area contributed by atoms with E-state index >= 15 is 0 Å². The van der Waals surface area contributed by atoms with Crippen molar-refractivity contribution in [2.24, 2.45) is 11.7 Å². The molecule has 0 aromatic heterocycles. The Labute approximate surface area is 103 Å². The van der Waals surface area contributed by atoms with Crippen LogP contribution in [0.15, 0.2) is 0 Å². The van der Waals surface area contributed by atoms with Crippen molar-refractivity contribution in [2.45, 2.75) is 58.5 Å². The van der Waals surface area contributed by atoms with Crippen molar-refractivity contribution in [3.63, 3.8) is 0 Å². The predicted molar refractivity (Wildman–Crippen MR) is 66.5 cm³/mol. The predicted octanol–water partition coefficient (Wildman–Crippen LogP) is 1.12. The fourth-order valence-electron chi connectivity index (χ4n) is 1.56. The van der Waals surface area contributed by atoms with Gasteiger partial charge in [0.15, 0.2) is 0 Å². The van der Waals surface area contributed by atoms with E-state index in [4.69, 9.17) is 10.8 Å². The normalized spacial score (nSPS) is 14.4. The summed E-state index contributed by atoms with van der Waals surface area (Å²) in [4.78, 5) is 22.6. The Morgan fingerprint density at radius 1 is 1.35 bits per heavy atom. The van der Waals surface area contributed by atoms with Crippen LogP contribution in [0.3, 0.4) is 0 Å². The van der Waals surface area contributed by atoms with Gasteiger partial charge in [-0.1, -0.05) is 33.6 Å². The quantitative estimate of drug-likeness (QED) is 0.596. The minimum atomic E-state index is -0.997. The molecule has 0 radical (unpaired) electrons. The average molecular weight is 244 g/mol. The third-order valence-electron chi connectivity index (χ3n) is 2.52. The van der Waals surface area contributed by atoms with Crippen molar-refractivity contribution in [3.05, 3.63) is 0 Å². The first-order valence-corrected chi connectivity index (χ1v) is 6.17. The van der Waals surface area contributed by atoms with E-state index in [9.17, 15) is 9.59 Å². The highest BCUT2D eigenvalue weighted by Crippen LogP contribution is 2.05. The van der Waals surface area contributed by atoms with Crippen LogP contribution in [-0.2, 0) is 9.59 Å². The average Bonchev–Trinajstić information content (AvgIpc) is 2.22. The zero-order valence-corrected chi connectivity index (χ0v) is 10.9. The number of carbonyl (C=O) groups excluding carboxylic acids is 1. The summed E-state index contributed by atoms with van der Waals surface area (Å²) in [7, 11) is 0. The number of nitrogens with one attached hydrogen (secondary N) is 1. The van der Waals surface area contributed by atoms with Gasteiger partial charge in [-0.15, -0.1) is 0 Å². The first kappa shape index (κ1) is 15.9. The van der Waals surface area contributed by atoms with E-state index in [1.54, 1.807) is 0 Å². The van der Waals surface area contributed by atoms with Crippen molar-refractivity contribution in [1.82, 2.24) is 5.32 Å². The second kappa shape index (κ2) is 8.06. The van der Waals surface area contributed by atoms with Crippen molar-refractivity contribution in [3.8, 4) is 0 Å². The SMILES string of the molecule is CCCCC(NC(=O)[C@H](N)CC(C)C)C(=O)O. The molecule has 0 aliphatic rings. The second-order valence-corrected chi connectivity index (χ2v) is 4.78. The number of nitrogens with two attached hydrogens (primary N) is 1. The van der Waals surface area contributed by atoms with Gasteiger partial charge in [-0.05, 0) is 18.8 Å². The van der Waals surface area contributed by atoms with Crippen LogP contribution >= 0.6 is 0 Å². The van der Waals surface area contributed by atoms with Crippen molar-refractivity contribution < 1.29 is 14.7 Å². The first-order valence-electron chi connectivity index (χ1n) is 6.17. The molecule has 1 amide bonds. The molecule has 0 rings (SSSR count). The zero-order valence-electron chi connectivity index (χ0n) is 10.9. The van der Waals surface area contributed by atoms with Gasteiger partial charge in [0.2, 0.25) is 5.91 Å². The van der Waals surface area contributed by atoms with Crippen molar-refractivity contribution >= 4 is 11.9 Å². The van der Waals surface area contributed by atoms with Gasteiger partial charge in [-0.2, -0.15) is 0 Å². The fourth-order valence-corrected chi connectivity index (χ4v) is 1.56. The minimum Gasteiger partial charge on any atom is -0.480 e. The molecule has 0 aromatic carbocycles. The molecule has 100 valence electrons. The topological polar surface area (TPSA) is 92.4 Å². The molecule has 0 aliphatic heterocycles. The maximum absolute atomic E-state index is 11.7. The lowest BCUT2D eigenvalue weighted by Crippen LogP contribution is -2.48. The molecule has 0 fully saturated rings. The minimum absolute atomic E-state index is 0.315. The molecule has 0 saturated heterocycles. The lowest BCUT2D eigenvalue weighted by atomic mass is 10.0. The van der Waals surface area contributed by atoms with Crippen LogP contribution in [0, 0.1) is 5.92 Å². The molecule has 0 bridgehead atoms. The second-order valence-electron chi connectivity index (χ2n) is 4.78. The largest absolute Gasteiger partial charge is 0.480 e. The lowest BCUT2D eigenvalue weighted by Gasteiger charge is -2.18. The number of carboxylic acids is 1. The number of carbonyl (C=O) groups is 2. The summed E-state index contributed by atoms with van der Waals surface area (Å²) in [5.74, 6) is -1.06. The Hall–Kier alpha value is -1.10. The van der Waals surface area contributed by atoms with Crippen LogP contribution in [-0.4, -0.2) is 29.1 Å². The molecule has 0 aliphatic carbocycles. The van der Waals surface area contributed by atoms with E-state index in [1.807, 2.05) is 20.8 Å². The van der Waals surface area contributed by atoms with Crippen LogP contribution in [0.5, 0.6) is 0 Å². The van der Waals surface area contributed by atoms with Gasteiger partial charge in [0.05, 0.1) is 6.04 Å².